The van der Waals surface area contributed by atoms with E-state index in [1.54, 1.807) is 43.2 Å². The van der Waals surface area contributed by atoms with E-state index in [2.05, 4.69) is 49.7 Å². The average molecular weight is 855 g/mol. The van der Waals surface area contributed by atoms with E-state index in [0.29, 0.717) is 49.6 Å². The second kappa shape index (κ2) is 15.9. The molecule has 296 valence electrons. The fourth-order valence-electron chi connectivity index (χ4n) is 7.49. The molecule has 0 bridgehead atoms. The number of benzene rings is 2. The number of carboxylic acid groups (broad SMARTS) is 1. The van der Waals surface area contributed by atoms with E-state index in [-0.39, 0.29) is 17.8 Å². The van der Waals surface area contributed by atoms with E-state index in [4.69, 9.17) is 14.2 Å². The van der Waals surface area contributed by atoms with Crippen molar-refractivity contribution in [3.8, 4) is 11.5 Å². The first-order valence-corrected chi connectivity index (χ1v) is 21.5. The number of carbonyl (C=O) groups excluding carboxylic acids is 1. The van der Waals surface area contributed by atoms with E-state index >= 15 is 0 Å². The molecule has 16 nitrogen and oxygen atoms in total. The van der Waals surface area contributed by atoms with Gasteiger partial charge in [-0.2, -0.15) is 0 Å². The molecule has 2 aliphatic rings. The van der Waals surface area contributed by atoms with Crippen LogP contribution in [0, 0.1) is 11.8 Å². The fraction of sp³-hybridized carbons (Fsp3) is 0.316. The van der Waals surface area contributed by atoms with Gasteiger partial charge in [0.2, 0.25) is 0 Å². The van der Waals surface area contributed by atoms with Gasteiger partial charge >= 0.3 is 11.9 Å². The highest BCUT2D eigenvalue weighted by atomic mass is 32.1. The topological polar surface area (TPSA) is 209 Å². The van der Waals surface area contributed by atoms with Gasteiger partial charge in [-0.15, -0.1) is 32.9 Å². The number of methoxy groups -OCH3 is 2. The number of hydrogen-bond acceptors (Lipinski definition) is 19. The number of aromatic nitrogens is 8. The molecule has 6 aromatic heterocycles. The van der Waals surface area contributed by atoms with Crippen LogP contribution in [0.3, 0.4) is 0 Å². The van der Waals surface area contributed by atoms with Crippen LogP contribution in [0.25, 0.3) is 40.9 Å². The predicted molar refractivity (Wildman–Crippen MR) is 225 cm³/mol. The van der Waals surface area contributed by atoms with Crippen molar-refractivity contribution in [3.63, 3.8) is 0 Å². The number of carbonyl (C=O) groups is 2. The summed E-state index contributed by atoms with van der Waals surface area (Å²) in [5, 5.41) is 26.3. The summed E-state index contributed by atoms with van der Waals surface area (Å²) in [5.74, 6) is 1.51. The van der Waals surface area contributed by atoms with Crippen molar-refractivity contribution in [2.75, 3.05) is 31.5 Å². The van der Waals surface area contributed by atoms with Crippen LogP contribution in [-0.2, 0) is 40.0 Å². The fourth-order valence-corrected chi connectivity index (χ4v) is 11.2. The molecule has 2 atom stereocenters. The third-order valence-electron chi connectivity index (χ3n) is 10.3. The number of esters is 1. The number of thiophene rings is 2. The van der Waals surface area contributed by atoms with E-state index in [1.165, 1.54) is 39.8 Å². The van der Waals surface area contributed by atoms with Gasteiger partial charge < -0.3 is 30.0 Å². The van der Waals surface area contributed by atoms with Crippen molar-refractivity contribution < 1.29 is 28.9 Å². The van der Waals surface area contributed by atoms with Gasteiger partial charge in [0, 0.05) is 21.9 Å². The van der Waals surface area contributed by atoms with Gasteiger partial charge in [0.25, 0.3) is 0 Å². The molecule has 0 saturated carbocycles. The highest BCUT2D eigenvalue weighted by Crippen LogP contribution is 2.44. The van der Waals surface area contributed by atoms with Crippen molar-refractivity contribution in [1.29, 1.82) is 0 Å². The standard InChI is InChI=1S/C20H19N5O3S2.C18H15N5O3S2/c1-3-28-20(26)10-4-5-11-15(6-10)29-19-17(11)18(21-9-22-19)23-12-8-16-13(24-25-30-16)7-14(12)27-2;1-26-12-5-11-14(28-23-22-11)6-10(12)21-16-15-9-3-2-8(18(24)25)4-13(9)27-17(15)20-7-19-16/h7-10H,3-6H2,1-2H3,(H,21,22,23);5-8H,2-4H2,1H3,(H,24,25)(H,19,20,21)/t10-;8-/m00/s1. The van der Waals surface area contributed by atoms with E-state index in [9.17, 15) is 14.7 Å². The van der Waals surface area contributed by atoms with Crippen LogP contribution in [0.15, 0.2) is 36.9 Å². The Bertz CT molecular complexity index is 2860. The largest absolute Gasteiger partial charge is 0.494 e. The number of carboxylic acids is 1. The van der Waals surface area contributed by atoms with Gasteiger partial charge in [0.05, 0.1) is 64.2 Å². The Morgan fingerprint density at radius 1 is 0.741 bits per heavy atom. The lowest BCUT2D eigenvalue weighted by Gasteiger charge is -2.20. The first kappa shape index (κ1) is 37.9. The van der Waals surface area contributed by atoms with Crippen LogP contribution >= 0.6 is 45.7 Å². The number of ether oxygens (including phenoxy) is 3. The summed E-state index contributed by atoms with van der Waals surface area (Å²) < 4.78 is 26.2. The van der Waals surface area contributed by atoms with Crippen molar-refractivity contribution in [2.45, 2.75) is 45.4 Å². The molecule has 6 heterocycles. The number of rotatable bonds is 9. The zero-order valence-electron chi connectivity index (χ0n) is 31.3. The highest BCUT2D eigenvalue weighted by Gasteiger charge is 2.31. The molecule has 58 heavy (non-hydrogen) atoms. The SMILES string of the molecule is CCOC(=O)[C@H]1CCc2c(sc3ncnc(Nc4cc5snnc5cc4OC)c23)C1.COc1cc2nnsc2cc1Nc1ncnc2sc3c(c12)CC[C@H](C(=O)O)C3. The molecule has 0 saturated heterocycles. The monoisotopic (exact) mass is 854 g/mol. The Balaban J connectivity index is 0.000000151. The lowest BCUT2D eigenvalue weighted by Crippen LogP contribution is -2.23. The smallest absolute Gasteiger partial charge is 0.309 e. The summed E-state index contributed by atoms with van der Waals surface area (Å²) in [6.45, 7) is 2.25. The van der Waals surface area contributed by atoms with Gasteiger partial charge in [0.1, 0.15) is 56.5 Å². The van der Waals surface area contributed by atoms with Gasteiger partial charge in [-0.05, 0) is 91.8 Å². The lowest BCUT2D eigenvalue weighted by atomic mass is 9.88. The van der Waals surface area contributed by atoms with Crippen LogP contribution < -0.4 is 20.1 Å². The molecule has 0 amide bonds. The molecule has 0 spiro atoms. The highest BCUT2D eigenvalue weighted by molar-refractivity contribution is 7.19. The Labute approximate surface area is 346 Å². The second-order valence-corrected chi connectivity index (χ2v) is 17.4. The summed E-state index contributed by atoms with van der Waals surface area (Å²) in [6, 6.07) is 7.64. The molecule has 0 unspecified atom stereocenters. The molecular weight excluding hydrogens is 821 g/mol. The minimum absolute atomic E-state index is 0.0868. The van der Waals surface area contributed by atoms with Gasteiger partial charge in [0.15, 0.2) is 0 Å². The van der Waals surface area contributed by atoms with Gasteiger partial charge in [-0.25, -0.2) is 19.9 Å². The van der Waals surface area contributed by atoms with Crippen LogP contribution in [-0.4, -0.2) is 77.0 Å². The summed E-state index contributed by atoms with van der Waals surface area (Å²) in [5.41, 5.74) is 5.54. The third-order valence-corrected chi connectivity index (χ3v) is 14.0. The number of fused-ring (bicyclic) bond motifs is 8. The molecule has 2 aromatic carbocycles. The molecule has 3 N–H and O–H groups in total. The number of aryl methyl sites for hydroxylation is 2. The average Bonchev–Trinajstić information content (AvgIpc) is 4.04. The van der Waals surface area contributed by atoms with Crippen LogP contribution in [0.4, 0.5) is 23.0 Å². The molecule has 8 aromatic rings. The van der Waals surface area contributed by atoms with Crippen LogP contribution in [0.5, 0.6) is 11.5 Å². The minimum atomic E-state index is -0.733. The molecule has 2 aliphatic carbocycles. The molecule has 0 fully saturated rings. The lowest BCUT2D eigenvalue weighted by molar-refractivity contribution is -0.148. The number of anilines is 4. The maximum atomic E-state index is 12.2. The Morgan fingerprint density at radius 2 is 1.24 bits per heavy atom. The second-order valence-electron chi connectivity index (χ2n) is 13.6. The number of nitrogens with zero attached hydrogens (tertiary/aromatic N) is 8. The van der Waals surface area contributed by atoms with Crippen molar-refractivity contribution in [1.82, 2.24) is 39.1 Å². The maximum absolute atomic E-state index is 12.2. The van der Waals surface area contributed by atoms with Gasteiger partial charge in [-0.3, -0.25) is 9.59 Å². The van der Waals surface area contributed by atoms with Crippen molar-refractivity contribution >= 4 is 122 Å². The summed E-state index contributed by atoms with van der Waals surface area (Å²) >= 11 is 5.84. The Hall–Kier alpha value is -5.70. The normalized spacial score (nSPS) is 16.1. The zero-order chi connectivity index (χ0) is 39.9. The van der Waals surface area contributed by atoms with E-state index < -0.39 is 5.97 Å². The van der Waals surface area contributed by atoms with Gasteiger partial charge in [-0.1, -0.05) is 8.98 Å². The van der Waals surface area contributed by atoms with Crippen LogP contribution in [0.2, 0.25) is 0 Å². The van der Waals surface area contributed by atoms with Crippen molar-refractivity contribution in [3.05, 3.63) is 57.8 Å². The molecule has 0 radical (unpaired) electrons. The maximum Gasteiger partial charge on any atom is 0.309 e. The first-order valence-electron chi connectivity index (χ1n) is 18.4. The number of hydrogen-bond donors (Lipinski definition) is 3. The molecule has 10 rings (SSSR count). The van der Waals surface area contributed by atoms with Crippen LogP contribution in [0.1, 0.15) is 40.6 Å². The third kappa shape index (κ3) is 7.09. The zero-order valence-corrected chi connectivity index (χ0v) is 34.5. The quantitative estimate of drug-likeness (QED) is 0.119. The molecular formula is C38H34N10O6S4. The summed E-state index contributed by atoms with van der Waals surface area (Å²) in [4.78, 5) is 45.5. The van der Waals surface area contributed by atoms with E-state index in [0.717, 1.165) is 81.3 Å². The predicted octanol–water partition coefficient (Wildman–Crippen LogP) is 7.75. The number of aliphatic carboxylic acids is 1. The number of nitrogens with one attached hydrogen (secondary N) is 2. The van der Waals surface area contributed by atoms with E-state index in [1.807, 2.05) is 31.2 Å². The Morgan fingerprint density at radius 3 is 1.72 bits per heavy atom. The molecule has 20 heteroatoms. The molecule has 0 aliphatic heterocycles. The first-order chi connectivity index (χ1) is 28.3. The Kier molecular flexibility index (Phi) is 10.4. The van der Waals surface area contributed by atoms with Crippen molar-refractivity contribution in [2.24, 2.45) is 11.8 Å². The minimum Gasteiger partial charge on any atom is -0.494 e. The summed E-state index contributed by atoms with van der Waals surface area (Å²) in [6.07, 6.45) is 7.25. The summed E-state index contributed by atoms with van der Waals surface area (Å²) in [7, 11) is 3.24.